The number of hydrogen-bond donors (Lipinski definition) is 0. The average molecular weight is 627 g/mol. The minimum Gasteiger partial charge on any atom is -0.381 e. The van der Waals surface area contributed by atoms with Crippen LogP contribution in [0.5, 0.6) is 0 Å². The van der Waals surface area contributed by atoms with Crippen LogP contribution in [-0.2, 0) is 14.2 Å². The highest BCUT2D eigenvalue weighted by Gasteiger charge is 2.32. The summed E-state index contributed by atoms with van der Waals surface area (Å²) in [6.45, 7) is 10.0. The van der Waals surface area contributed by atoms with Gasteiger partial charge in [-0.1, -0.05) is 51.0 Å². The van der Waals surface area contributed by atoms with Gasteiger partial charge in [-0.05, 0) is 176 Å². The van der Waals surface area contributed by atoms with Gasteiger partial charge in [-0.2, -0.15) is 0 Å². The fraction of sp³-hybridized carbons (Fsp3) is 0.905. The number of ether oxygens (including phenoxy) is 3. The Bertz CT molecular complexity index is 695. The molecule has 0 bridgehead atoms. The average Bonchev–Trinajstić information content (AvgIpc) is 3.09. The van der Waals surface area contributed by atoms with Gasteiger partial charge >= 0.3 is 0 Å². The first-order valence-corrected chi connectivity index (χ1v) is 20.3. The van der Waals surface area contributed by atoms with Crippen LogP contribution in [-0.4, -0.2) is 39.6 Å². The molecule has 4 saturated carbocycles. The molecule has 260 valence electrons. The van der Waals surface area contributed by atoms with E-state index in [0.29, 0.717) is 0 Å². The zero-order valence-corrected chi connectivity index (χ0v) is 30.0. The summed E-state index contributed by atoms with van der Waals surface area (Å²) < 4.78 is 17.7. The standard InChI is InChI=1S/C42H74O3/c1-3-5-29-44-33-37-17-25-41(26-18-37)39-21-13-35(14-22-39)11-7-9-31-43-32-10-8-12-36-15-23-40(24-16-36)42-27-19-38(20-28-42)34-45-30-6-4-2/h7-10,35-42H,3-6,11-34H2,1-2H3/t35-,36-,37-,38-,39-,40-,41-,42-. The number of unbranched alkanes of at least 4 members (excludes halogenated alkanes) is 2. The maximum Gasteiger partial charge on any atom is 0.0651 e. The first-order valence-electron chi connectivity index (χ1n) is 20.3. The van der Waals surface area contributed by atoms with Crippen LogP contribution in [0.3, 0.4) is 0 Å². The predicted octanol–water partition coefficient (Wildman–Crippen LogP) is 11.8. The largest absolute Gasteiger partial charge is 0.381 e. The first-order chi connectivity index (χ1) is 22.2. The van der Waals surface area contributed by atoms with E-state index in [0.717, 1.165) is 87.0 Å². The van der Waals surface area contributed by atoms with Crippen LogP contribution >= 0.6 is 0 Å². The monoisotopic (exact) mass is 627 g/mol. The van der Waals surface area contributed by atoms with Gasteiger partial charge in [0, 0.05) is 26.4 Å². The maximum absolute atomic E-state index is 5.92. The molecule has 3 nitrogen and oxygen atoms in total. The van der Waals surface area contributed by atoms with Crippen molar-refractivity contribution in [3.8, 4) is 0 Å². The highest BCUT2D eigenvalue weighted by atomic mass is 16.5. The smallest absolute Gasteiger partial charge is 0.0651 e. The minimum atomic E-state index is 0.767. The summed E-state index contributed by atoms with van der Waals surface area (Å²) >= 11 is 0. The van der Waals surface area contributed by atoms with Crippen molar-refractivity contribution in [1.29, 1.82) is 0 Å². The van der Waals surface area contributed by atoms with Crippen LogP contribution in [0.2, 0.25) is 0 Å². The zero-order valence-electron chi connectivity index (χ0n) is 30.0. The highest BCUT2D eigenvalue weighted by molar-refractivity contribution is 4.90. The molecule has 0 aromatic carbocycles. The second-order valence-corrected chi connectivity index (χ2v) is 15.9. The van der Waals surface area contributed by atoms with Crippen molar-refractivity contribution in [2.75, 3.05) is 39.6 Å². The maximum atomic E-state index is 5.92. The Morgan fingerprint density at radius 2 is 0.733 bits per heavy atom. The van der Waals surface area contributed by atoms with Crippen molar-refractivity contribution in [3.63, 3.8) is 0 Å². The Balaban J connectivity index is 0.945. The Kier molecular flexibility index (Phi) is 18.9. The Morgan fingerprint density at radius 3 is 1.07 bits per heavy atom. The van der Waals surface area contributed by atoms with E-state index in [1.54, 1.807) is 0 Å². The minimum absolute atomic E-state index is 0.767. The lowest BCUT2D eigenvalue weighted by Gasteiger charge is -2.37. The zero-order chi connectivity index (χ0) is 31.4. The van der Waals surface area contributed by atoms with Crippen LogP contribution in [0, 0.1) is 47.3 Å². The van der Waals surface area contributed by atoms with Gasteiger partial charge in [-0.3, -0.25) is 0 Å². The molecule has 4 aliphatic rings. The lowest BCUT2D eigenvalue weighted by atomic mass is 9.69. The van der Waals surface area contributed by atoms with Crippen LogP contribution in [0.15, 0.2) is 24.3 Å². The molecule has 3 heteroatoms. The van der Waals surface area contributed by atoms with E-state index >= 15 is 0 Å². The van der Waals surface area contributed by atoms with Crippen LogP contribution in [0.1, 0.15) is 155 Å². The molecular formula is C42H74O3. The Morgan fingerprint density at radius 1 is 0.400 bits per heavy atom. The van der Waals surface area contributed by atoms with Gasteiger partial charge in [-0.25, -0.2) is 0 Å². The normalized spacial score (nSPS) is 33.3. The van der Waals surface area contributed by atoms with Crippen molar-refractivity contribution in [2.45, 2.75) is 155 Å². The number of allylic oxidation sites excluding steroid dienone is 2. The molecule has 4 aliphatic carbocycles. The molecule has 0 aliphatic heterocycles. The van der Waals surface area contributed by atoms with Crippen molar-refractivity contribution < 1.29 is 14.2 Å². The molecule has 4 rings (SSSR count). The van der Waals surface area contributed by atoms with Crippen molar-refractivity contribution >= 4 is 0 Å². The SMILES string of the molecule is CCCCOC[C@H]1CC[C@H]([C@H]2CC[C@H](CC=CCOCC=CC[C@H]3CC[C@H]([C@H]4CC[C@H](COCCCC)CC4)CC3)CC2)CC1. The fourth-order valence-corrected chi connectivity index (χ4v) is 9.35. The second-order valence-electron chi connectivity index (χ2n) is 15.9. The third kappa shape index (κ3) is 14.6. The molecule has 0 atom stereocenters. The molecule has 0 radical (unpaired) electrons. The van der Waals surface area contributed by atoms with Gasteiger partial charge in [0.05, 0.1) is 13.2 Å². The predicted molar refractivity (Wildman–Crippen MR) is 192 cm³/mol. The molecule has 0 spiro atoms. The van der Waals surface area contributed by atoms with Crippen LogP contribution in [0.4, 0.5) is 0 Å². The van der Waals surface area contributed by atoms with E-state index in [-0.39, 0.29) is 0 Å². The summed E-state index contributed by atoms with van der Waals surface area (Å²) in [7, 11) is 0. The van der Waals surface area contributed by atoms with Crippen molar-refractivity contribution in [1.82, 2.24) is 0 Å². The van der Waals surface area contributed by atoms with Gasteiger partial charge in [0.25, 0.3) is 0 Å². The molecule has 0 heterocycles. The lowest BCUT2D eigenvalue weighted by Crippen LogP contribution is -2.27. The van der Waals surface area contributed by atoms with E-state index in [1.165, 1.54) is 141 Å². The topological polar surface area (TPSA) is 27.7 Å². The van der Waals surface area contributed by atoms with Crippen LogP contribution < -0.4 is 0 Å². The molecule has 0 aromatic rings. The van der Waals surface area contributed by atoms with Gasteiger partial charge in [0.2, 0.25) is 0 Å². The van der Waals surface area contributed by atoms with E-state index in [9.17, 15) is 0 Å². The van der Waals surface area contributed by atoms with Gasteiger partial charge in [0.1, 0.15) is 0 Å². The number of hydrogen-bond acceptors (Lipinski definition) is 3. The van der Waals surface area contributed by atoms with Gasteiger partial charge in [-0.15, -0.1) is 0 Å². The van der Waals surface area contributed by atoms with E-state index in [1.807, 2.05) is 0 Å². The van der Waals surface area contributed by atoms with Gasteiger partial charge < -0.3 is 14.2 Å². The summed E-state index contributed by atoms with van der Waals surface area (Å²) in [6, 6.07) is 0. The first kappa shape index (κ1) is 37.2. The third-order valence-electron chi connectivity index (χ3n) is 12.6. The summed E-state index contributed by atoms with van der Waals surface area (Å²) in [4.78, 5) is 0. The van der Waals surface area contributed by atoms with E-state index in [4.69, 9.17) is 14.2 Å². The Labute approximate surface area is 280 Å². The van der Waals surface area contributed by atoms with E-state index in [2.05, 4.69) is 38.2 Å². The second kappa shape index (κ2) is 22.8. The number of rotatable bonds is 20. The molecule has 45 heavy (non-hydrogen) atoms. The molecule has 4 fully saturated rings. The summed E-state index contributed by atoms with van der Waals surface area (Å²) in [5.41, 5.74) is 0. The highest BCUT2D eigenvalue weighted by Crippen LogP contribution is 2.43. The quantitative estimate of drug-likeness (QED) is 0.0994. The molecular weight excluding hydrogens is 552 g/mol. The molecule has 0 unspecified atom stereocenters. The molecule has 0 N–H and O–H groups in total. The van der Waals surface area contributed by atoms with Crippen LogP contribution in [0.25, 0.3) is 0 Å². The molecule has 0 saturated heterocycles. The van der Waals surface area contributed by atoms with Gasteiger partial charge in [0.15, 0.2) is 0 Å². The summed E-state index contributed by atoms with van der Waals surface area (Å²) in [5.74, 6) is 7.49. The summed E-state index contributed by atoms with van der Waals surface area (Å²) in [6.07, 6.45) is 39.9. The van der Waals surface area contributed by atoms with Crippen molar-refractivity contribution in [2.24, 2.45) is 47.3 Å². The molecule has 0 amide bonds. The summed E-state index contributed by atoms with van der Waals surface area (Å²) in [5, 5.41) is 0. The van der Waals surface area contributed by atoms with E-state index < -0.39 is 0 Å². The third-order valence-corrected chi connectivity index (χ3v) is 12.6. The fourth-order valence-electron chi connectivity index (χ4n) is 9.35. The lowest BCUT2D eigenvalue weighted by molar-refractivity contribution is 0.0635. The molecule has 0 aromatic heterocycles. The van der Waals surface area contributed by atoms with Crippen molar-refractivity contribution in [3.05, 3.63) is 24.3 Å². The Hall–Kier alpha value is -0.640.